The first-order valence-corrected chi connectivity index (χ1v) is 9.70. The molecule has 4 nitrogen and oxygen atoms in total. The van der Waals surface area contributed by atoms with Crippen LogP contribution < -0.4 is 0 Å². The lowest BCUT2D eigenvalue weighted by Gasteiger charge is -2.22. The van der Waals surface area contributed by atoms with Gasteiger partial charge in [-0.15, -0.1) is 0 Å². The molecule has 0 spiro atoms. The highest BCUT2D eigenvalue weighted by atomic mass is 19.1. The number of pyridine rings is 1. The number of nitrogens with one attached hydrogen (secondary N) is 1. The Morgan fingerprint density at radius 1 is 1.14 bits per heavy atom. The molecule has 0 saturated heterocycles. The Labute approximate surface area is 164 Å². The maximum Gasteiger partial charge on any atom is 0.151 e. The van der Waals surface area contributed by atoms with Crippen molar-refractivity contribution in [2.24, 2.45) is 0 Å². The maximum atomic E-state index is 14.5. The van der Waals surface area contributed by atoms with Crippen LogP contribution in [0.4, 0.5) is 4.39 Å². The molecule has 28 heavy (non-hydrogen) atoms. The summed E-state index contributed by atoms with van der Waals surface area (Å²) in [5.41, 5.74) is 6.17. The van der Waals surface area contributed by atoms with Gasteiger partial charge in [-0.25, -0.2) is 9.37 Å². The van der Waals surface area contributed by atoms with Gasteiger partial charge in [-0.1, -0.05) is 30.3 Å². The molecule has 146 valence electrons. The predicted octanol–water partition coefficient (Wildman–Crippen LogP) is 5.28. The molecular formula is C23H25FN2O2. The lowest BCUT2D eigenvalue weighted by atomic mass is 9.91. The van der Waals surface area contributed by atoms with Crippen LogP contribution in [0, 0.1) is 12.7 Å². The van der Waals surface area contributed by atoms with Gasteiger partial charge in [-0.3, -0.25) is 0 Å². The zero-order valence-electron chi connectivity index (χ0n) is 16.3. The first kappa shape index (κ1) is 18.8. The number of aryl methyl sites for hydroxylation is 1. The predicted molar refractivity (Wildman–Crippen MR) is 110 cm³/mol. The first-order chi connectivity index (χ1) is 13.6. The molecule has 1 aliphatic rings. The van der Waals surface area contributed by atoms with Crippen LogP contribution in [-0.4, -0.2) is 36.4 Å². The number of halogens is 1. The van der Waals surface area contributed by atoms with E-state index in [4.69, 9.17) is 9.47 Å². The highest BCUT2D eigenvalue weighted by Gasteiger charge is 2.16. The molecule has 0 radical (unpaired) electrons. The number of benzene rings is 1. The van der Waals surface area contributed by atoms with Gasteiger partial charge in [-0.2, -0.15) is 0 Å². The Morgan fingerprint density at radius 3 is 2.64 bits per heavy atom. The molecule has 3 aromatic rings. The van der Waals surface area contributed by atoms with Crippen LogP contribution in [0.5, 0.6) is 0 Å². The fourth-order valence-electron chi connectivity index (χ4n) is 3.73. The topological polar surface area (TPSA) is 47.1 Å². The summed E-state index contributed by atoms with van der Waals surface area (Å²) in [6.07, 6.45) is 5.44. The molecule has 4 rings (SSSR count). The number of aromatic nitrogens is 2. The molecule has 1 aliphatic carbocycles. The number of aromatic amines is 1. The number of methoxy groups -OCH3 is 1. The van der Waals surface area contributed by atoms with Gasteiger partial charge in [-0.05, 0) is 43.4 Å². The number of fused-ring (bicyclic) bond motifs is 1. The van der Waals surface area contributed by atoms with E-state index in [-0.39, 0.29) is 11.9 Å². The number of ether oxygens (including phenoxy) is 2. The van der Waals surface area contributed by atoms with Crippen molar-refractivity contribution < 1.29 is 13.9 Å². The van der Waals surface area contributed by atoms with Gasteiger partial charge in [0.2, 0.25) is 0 Å². The van der Waals surface area contributed by atoms with Crippen molar-refractivity contribution in [2.45, 2.75) is 32.3 Å². The monoisotopic (exact) mass is 380 g/mol. The molecule has 1 unspecified atom stereocenters. The molecule has 0 saturated carbocycles. The fraction of sp³-hybridized carbons (Fsp3) is 0.348. The molecule has 1 aromatic carbocycles. The van der Waals surface area contributed by atoms with E-state index in [1.54, 1.807) is 7.11 Å². The second-order valence-electron chi connectivity index (χ2n) is 7.27. The van der Waals surface area contributed by atoms with E-state index in [1.165, 1.54) is 17.2 Å². The van der Waals surface area contributed by atoms with Gasteiger partial charge in [0.25, 0.3) is 0 Å². The highest BCUT2D eigenvalue weighted by molar-refractivity contribution is 5.80. The SMILES string of the molecule is COCCOC1CC=C(c2ccc(-c3nc4cc(C)[nH]c4cc3F)cc2)CC1. The van der Waals surface area contributed by atoms with Crippen molar-refractivity contribution >= 4 is 16.6 Å². The second-order valence-corrected chi connectivity index (χ2v) is 7.27. The summed E-state index contributed by atoms with van der Waals surface area (Å²) in [7, 11) is 1.69. The number of H-pyrrole nitrogens is 1. The molecule has 0 bridgehead atoms. The van der Waals surface area contributed by atoms with Crippen LogP contribution in [0.25, 0.3) is 27.9 Å². The third kappa shape index (κ3) is 4.01. The Kier molecular flexibility index (Phi) is 5.55. The lowest BCUT2D eigenvalue weighted by molar-refractivity contribution is 0.0141. The van der Waals surface area contributed by atoms with Gasteiger partial charge in [0.1, 0.15) is 5.69 Å². The van der Waals surface area contributed by atoms with Crippen LogP contribution in [-0.2, 0) is 9.47 Å². The molecule has 0 fully saturated rings. The molecule has 2 heterocycles. The number of nitrogens with zero attached hydrogens (tertiary/aromatic N) is 1. The highest BCUT2D eigenvalue weighted by Crippen LogP contribution is 2.31. The summed E-state index contributed by atoms with van der Waals surface area (Å²) in [4.78, 5) is 7.63. The third-order valence-electron chi connectivity index (χ3n) is 5.22. The summed E-state index contributed by atoms with van der Waals surface area (Å²) < 4.78 is 25.4. The molecular weight excluding hydrogens is 355 g/mol. The minimum Gasteiger partial charge on any atom is -0.382 e. The van der Waals surface area contributed by atoms with Crippen molar-refractivity contribution in [1.82, 2.24) is 9.97 Å². The minimum atomic E-state index is -0.310. The van der Waals surface area contributed by atoms with Gasteiger partial charge in [0.15, 0.2) is 5.82 Å². The number of allylic oxidation sites excluding steroid dienone is 1. The maximum absolute atomic E-state index is 14.5. The van der Waals surface area contributed by atoms with Crippen LogP contribution in [0.15, 0.2) is 42.5 Å². The van der Waals surface area contributed by atoms with Crippen molar-refractivity contribution in [3.63, 3.8) is 0 Å². The summed E-state index contributed by atoms with van der Waals surface area (Å²) in [6, 6.07) is 11.5. The molecule has 2 aromatic heterocycles. The van der Waals surface area contributed by atoms with E-state index >= 15 is 0 Å². The molecule has 0 amide bonds. The van der Waals surface area contributed by atoms with Gasteiger partial charge < -0.3 is 14.5 Å². The van der Waals surface area contributed by atoms with E-state index in [2.05, 4.69) is 28.2 Å². The minimum absolute atomic E-state index is 0.271. The van der Waals surface area contributed by atoms with Crippen LogP contribution >= 0.6 is 0 Å². The van der Waals surface area contributed by atoms with E-state index in [0.717, 1.165) is 41.6 Å². The standard InChI is InChI=1S/C23H25FN2O2/c1-15-13-21-22(25-15)14-20(24)23(26-21)18-5-3-16(4-6-18)17-7-9-19(10-8-17)28-12-11-27-2/h3-7,13-14,19,25H,8-12H2,1-2H3. The zero-order chi connectivity index (χ0) is 19.5. The quantitative estimate of drug-likeness (QED) is 0.592. The molecule has 1 atom stereocenters. The number of hydrogen-bond acceptors (Lipinski definition) is 3. The Hall–Kier alpha value is -2.50. The largest absolute Gasteiger partial charge is 0.382 e. The normalized spacial score (nSPS) is 17.1. The van der Waals surface area contributed by atoms with E-state index in [1.807, 2.05) is 25.1 Å². The Bertz CT molecular complexity index is 992. The van der Waals surface area contributed by atoms with Crippen molar-refractivity contribution in [3.8, 4) is 11.3 Å². The Balaban J connectivity index is 1.49. The summed E-state index contributed by atoms with van der Waals surface area (Å²) >= 11 is 0. The summed E-state index contributed by atoms with van der Waals surface area (Å²) in [5, 5.41) is 0. The van der Waals surface area contributed by atoms with Gasteiger partial charge in [0.05, 0.1) is 30.4 Å². The van der Waals surface area contributed by atoms with E-state index in [9.17, 15) is 4.39 Å². The van der Waals surface area contributed by atoms with Crippen LogP contribution in [0.3, 0.4) is 0 Å². The van der Waals surface area contributed by atoms with Crippen molar-refractivity contribution in [2.75, 3.05) is 20.3 Å². The number of hydrogen-bond donors (Lipinski definition) is 1. The van der Waals surface area contributed by atoms with Gasteiger partial charge in [0, 0.05) is 24.4 Å². The average Bonchev–Trinajstić information content (AvgIpc) is 3.07. The molecule has 5 heteroatoms. The number of rotatable bonds is 6. The fourth-order valence-corrected chi connectivity index (χ4v) is 3.73. The Morgan fingerprint density at radius 2 is 1.93 bits per heavy atom. The van der Waals surface area contributed by atoms with E-state index in [0.29, 0.717) is 18.9 Å². The van der Waals surface area contributed by atoms with Gasteiger partial charge >= 0.3 is 0 Å². The first-order valence-electron chi connectivity index (χ1n) is 9.70. The summed E-state index contributed by atoms with van der Waals surface area (Å²) in [5.74, 6) is -0.310. The molecule has 1 N–H and O–H groups in total. The van der Waals surface area contributed by atoms with E-state index < -0.39 is 0 Å². The van der Waals surface area contributed by atoms with Crippen molar-refractivity contribution in [1.29, 1.82) is 0 Å². The van der Waals surface area contributed by atoms with Crippen LogP contribution in [0.1, 0.15) is 30.5 Å². The smallest absolute Gasteiger partial charge is 0.151 e. The van der Waals surface area contributed by atoms with Crippen LogP contribution in [0.2, 0.25) is 0 Å². The molecule has 0 aliphatic heterocycles. The average molecular weight is 380 g/mol. The summed E-state index contributed by atoms with van der Waals surface area (Å²) in [6.45, 7) is 3.22. The third-order valence-corrected chi connectivity index (χ3v) is 5.22. The zero-order valence-corrected chi connectivity index (χ0v) is 16.3. The van der Waals surface area contributed by atoms with Crippen molar-refractivity contribution in [3.05, 3.63) is 59.5 Å². The second kappa shape index (κ2) is 8.25. The lowest BCUT2D eigenvalue weighted by Crippen LogP contribution is -2.18.